The summed E-state index contributed by atoms with van der Waals surface area (Å²) in [6, 6.07) is 0. The van der Waals surface area contributed by atoms with Gasteiger partial charge in [-0.15, -0.1) is 5.92 Å². The number of unbranched alkanes of at least 4 members (excludes halogenated alkanes) is 2. The van der Waals surface area contributed by atoms with Crippen LogP contribution in [-0.2, 0) is 14.3 Å². The topological polar surface area (TPSA) is 35.5 Å². The van der Waals surface area contributed by atoms with Crippen molar-refractivity contribution >= 4 is 5.97 Å². The number of carbonyl (C=O) groups excluding carboxylic acids is 1. The molecule has 3 nitrogen and oxygen atoms in total. The third-order valence-electron chi connectivity index (χ3n) is 2.49. The lowest BCUT2D eigenvalue weighted by Gasteiger charge is -2.27. The summed E-state index contributed by atoms with van der Waals surface area (Å²) >= 11 is 0. The minimum Gasteiger partial charge on any atom is -0.459 e. The minimum absolute atomic E-state index is 0.180. The average Bonchev–Trinajstić information content (AvgIpc) is 2.26. The summed E-state index contributed by atoms with van der Waals surface area (Å²) in [5.74, 6) is 5.90. The van der Waals surface area contributed by atoms with Crippen molar-refractivity contribution in [3.8, 4) is 11.8 Å². The predicted octanol–water partition coefficient (Wildman–Crippen LogP) is 2.29. The molecule has 0 spiro atoms. The lowest BCUT2D eigenvalue weighted by Crippen LogP contribution is -2.36. The van der Waals surface area contributed by atoms with Crippen molar-refractivity contribution < 1.29 is 14.3 Å². The van der Waals surface area contributed by atoms with Gasteiger partial charge in [0, 0.05) is 20.0 Å². The van der Waals surface area contributed by atoms with E-state index in [-0.39, 0.29) is 18.2 Å². The third-order valence-corrected chi connectivity index (χ3v) is 2.49. The zero-order valence-electron chi connectivity index (χ0n) is 10.1. The number of hydrogen-bond donors (Lipinski definition) is 0. The summed E-state index contributed by atoms with van der Waals surface area (Å²) < 4.78 is 10.7. The lowest BCUT2D eigenvalue weighted by atomic mass is 10.1. The zero-order chi connectivity index (χ0) is 11.8. The van der Waals surface area contributed by atoms with E-state index < -0.39 is 0 Å². The van der Waals surface area contributed by atoms with Gasteiger partial charge in [-0.3, -0.25) is 4.79 Å². The molecule has 0 N–H and O–H groups in total. The zero-order valence-corrected chi connectivity index (χ0v) is 10.1. The second-order valence-corrected chi connectivity index (χ2v) is 4.01. The van der Waals surface area contributed by atoms with E-state index in [1.165, 1.54) is 6.92 Å². The molecule has 16 heavy (non-hydrogen) atoms. The standard InChI is InChI=1S/C13H20O3/c1-3-4-5-6-8-12-13(16-11(2)14)9-7-10-15-12/h12-13H,3-5,7,9-10H2,1-2H3/t12-,13+/m1/s1. The molecule has 1 saturated heterocycles. The minimum atomic E-state index is -0.254. The van der Waals surface area contributed by atoms with Crippen molar-refractivity contribution in [2.75, 3.05) is 6.61 Å². The van der Waals surface area contributed by atoms with Crippen LogP contribution < -0.4 is 0 Å². The van der Waals surface area contributed by atoms with Gasteiger partial charge in [0.1, 0.15) is 6.10 Å². The normalized spacial score (nSPS) is 24.4. The number of hydrogen-bond acceptors (Lipinski definition) is 3. The Morgan fingerprint density at radius 3 is 3.06 bits per heavy atom. The number of carbonyl (C=O) groups is 1. The highest BCUT2D eigenvalue weighted by molar-refractivity contribution is 5.66. The van der Waals surface area contributed by atoms with Gasteiger partial charge in [-0.05, 0) is 19.3 Å². The van der Waals surface area contributed by atoms with Crippen LogP contribution in [0.3, 0.4) is 0 Å². The Balaban J connectivity index is 2.45. The summed E-state index contributed by atoms with van der Waals surface area (Å²) in [6.07, 6.45) is 4.53. The first-order chi connectivity index (χ1) is 7.74. The van der Waals surface area contributed by atoms with E-state index in [1.807, 2.05) is 0 Å². The monoisotopic (exact) mass is 224 g/mol. The van der Waals surface area contributed by atoms with Crippen LogP contribution in [0.4, 0.5) is 0 Å². The first-order valence-corrected chi connectivity index (χ1v) is 6.01. The van der Waals surface area contributed by atoms with E-state index >= 15 is 0 Å². The average molecular weight is 224 g/mol. The molecule has 0 unspecified atom stereocenters. The van der Waals surface area contributed by atoms with Crippen LogP contribution in [0.5, 0.6) is 0 Å². The molecule has 0 bridgehead atoms. The molecule has 0 aromatic rings. The number of ether oxygens (including phenoxy) is 2. The van der Waals surface area contributed by atoms with Crippen LogP contribution in [-0.4, -0.2) is 24.8 Å². The van der Waals surface area contributed by atoms with Crippen molar-refractivity contribution in [1.82, 2.24) is 0 Å². The van der Waals surface area contributed by atoms with Gasteiger partial charge >= 0.3 is 5.97 Å². The highest BCUT2D eigenvalue weighted by Crippen LogP contribution is 2.17. The van der Waals surface area contributed by atoms with E-state index in [4.69, 9.17) is 9.47 Å². The molecule has 2 atom stereocenters. The van der Waals surface area contributed by atoms with Gasteiger partial charge in [0.2, 0.25) is 0 Å². The molecule has 0 amide bonds. The molecule has 0 aliphatic carbocycles. The van der Waals surface area contributed by atoms with Gasteiger partial charge in [0.15, 0.2) is 6.10 Å². The molecule has 0 saturated carbocycles. The van der Waals surface area contributed by atoms with Gasteiger partial charge < -0.3 is 9.47 Å². The van der Waals surface area contributed by atoms with Crippen LogP contribution in [0.25, 0.3) is 0 Å². The third kappa shape index (κ3) is 4.67. The lowest BCUT2D eigenvalue weighted by molar-refractivity contribution is -0.156. The van der Waals surface area contributed by atoms with Gasteiger partial charge in [0.25, 0.3) is 0 Å². The fourth-order valence-corrected chi connectivity index (χ4v) is 1.66. The Bertz CT molecular complexity index is 275. The molecular weight excluding hydrogens is 204 g/mol. The Kier molecular flexibility index (Phi) is 5.95. The predicted molar refractivity (Wildman–Crippen MR) is 61.8 cm³/mol. The van der Waals surface area contributed by atoms with E-state index in [1.54, 1.807) is 0 Å². The number of esters is 1. The number of rotatable bonds is 3. The van der Waals surface area contributed by atoms with Crippen molar-refractivity contribution in [2.45, 2.75) is 58.2 Å². The molecule has 1 fully saturated rings. The van der Waals surface area contributed by atoms with E-state index in [9.17, 15) is 4.79 Å². The molecule has 0 radical (unpaired) electrons. The van der Waals surface area contributed by atoms with Crippen LogP contribution in [0, 0.1) is 11.8 Å². The van der Waals surface area contributed by atoms with Crippen molar-refractivity contribution in [3.63, 3.8) is 0 Å². The first kappa shape index (κ1) is 13.1. The van der Waals surface area contributed by atoms with Crippen LogP contribution >= 0.6 is 0 Å². The van der Waals surface area contributed by atoms with Gasteiger partial charge in [-0.25, -0.2) is 0 Å². The van der Waals surface area contributed by atoms with Crippen molar-refractivity contribution in [2.24, 2.45) is 0 Å². The molecule has 3 heteroatoms. The Morgan fingerprint density at radius 1 is 1.56 bits per heavy atom. The van der Waals surface area contributed by atoms with Gasteiger partial charge in [-0.2, -0.15) is 0 Å². The summed E-state index contributed by atoms with van der Waals surface area (Å²) in [5, 5.41) is 0. The van der Waals surface area contributed by atoms with E-state index in [0.29, 0.717) is 6.61 Å². The molecule has 0 aromatic carbocycles. The summed E-state index contributed by atoms with van der Waals surface area (Å²) in [7, 11) is 0. The quantitative estimate of drug-likeness (QED) is 0.419. The fraction of sp³-hybridized carbons (Fsp3) is 0.769. The smallest absolute Gasteiger partial charge is 0.303 e. The Labute approximate surface area is 97.5 Å². The second kappa shape index (κ2) is 7.29. The highest BCUT2D eigenvalue weighted by atomic mass is 16.6. The molecule has 0 aromatic heterocycles. The molecule has 1 aliphatic heterocycles. The van der Waals surface area contributed by atoms with Crippen molar-refractivity contribution in [1.29, 1.82) is 0 Å². The Morgan fingerprint density at radius 2 is 2.38 bits per heavy atom. The second-order valence-electron chi connectivity index (χ2n) is 4.01. The molecular formula is C13H20O3. The van der Waals surface area contributed by atoms with Gasteiger partial charge in [-0.1, -0.05) is 19.3 Å². The van der Waals surface area contributed by atoms with E-state index in [0.717, 1.165) is 32.1 Å². The summed E-state index contributed by atoms with van der Waals surface area (Å²) in [6.45, 7) is 4.28. The molecule has 1 aliphatic rings. The maximum atomic E-state index is 10.9. The molecule has 1 rings (SSSR count). The largest absolute Gasteiger partial charge is 0.459 e. The van der Waals surface area contributed by atoms with Gasteiger partial charge in [0.05, 0.1) is 0 Å². The Hall–Kier alpha value is -1.01. The fourth-order valence-electron chi connectivity index (χ4n) is 1.66. The van der Waals surface area contributed by atoms with Crippen LogP contribution in [0.15, 0.2) is 0 Å². The van der Waals surface area contributed by atoms with Crippen molar-refractivity contribution in [3.05, 3.63) is 0 Å². The van der Waals surface area contributed by atoms with Crippen LogP contribution in [0.1, 0.15) is 46.0 Å². The molecule has 90 valence electrons. The van der Waals surface area contributed by atoms with E-state index in [2.05, 4.69) is 18.8 Å². The highest BCUT2D eigenvalue weighted by Gasteiger charge is 2.26. The summed E-state index contributed by atoms with van der Waals surface area (Å²) in [4.78, 5) is 10.9. The van der Waals surface area contributed by atoms with Crippen LogP contribution in [0.2, 0.25) is 0 Å². The SMILES string of the molecule is CCCCC#C[C@H]1OCCC[C@@H]1OC(C)=O. The maximum Gasteiger partial charge on any atom is 0.303 e. The summed E-state index contributed by atoms with van der Waals surface area (Å²) in [5.41, 5.74) is 0. The maximum absolute atomic E-state index is 10.9. The first-order valence-electron chi connectivity index (χ1n) is 6.01. The molecule has 1 heterocycles.